The molecule has 0 saturated carbocycles. The molecule has 1 rings (SSSR count). The van der Waals surface area contributed by atoms with Crippen molar-refractivity contribution in [1.82, 2.24) is 0 Å². The number of hydrogen-bond acceptors (Lipinski definition) is 2. The quantitative estimate of drug-likeness (QED) is 0.262. The van der Waals surface area contributed by atoms with Crippen molar-refractivity contribution in [2.24, 2.45) is 0 Å². The van der Waals surface area contributed by atoms with Gasteiger partial charge in [-0.3, -0.25) is 0 Å². The van der Waals surface area contributed by atoms with E-state index in [2.05, 4.69) is 25.6 Å². The molecule has 25 heavy (non-hydrogen) atoms. The van der Waals surface area contributed by atoms with Crippen molar-refractivity contribution in [2.75, 3.05) is 0 Å². The number of benzene rings is 1. The normalized spacial score (nSPS) is 11.9. The first kappa shape index (κ1) is 21.5. The fourth-order valence-electron chi connectivity index (χ4n) is 2.99. The zero-order chi connectivity index (χ0) is 18.3. The van der Waals surface area contributed by atoms with Gasteiger partial charge in [-0.25, -0.2) is 0 Å². The maximum Gasteiger partial charge on any atom is 0.130 e. The Labute approximate surface area is 154 Å². The van der Waals surface area contributed by atoms with Crippen LogP contribution >= 0.6 is 0 Å². The van der Waals surface area contributed by atoms with Crippen molar-refractivity contribution in [1.29, 1.82) is 0 Å². The minimum absolute atomic E-state index is 0.219. The molecular formula is C23H36O2. The molecule has 1 aromatic carbocycles. The van der Waals surface area contributed by atoms with Gasteiger partial charge in [0.1, 0.15) is 17.6 Å². The summed E-state index contributed by atoms with van der Waals surface area (Å²) in [6.07, 6.45) is 14.8. The molecule has 1 unspecified atom stereocenters. The molecule has 0 aliphatic rings. The Morgan fingerprint density at radius 2 is 1.72 bits per heavy atom. The second-order valence-electron chi connectivity index (χ2n) is 7.02. The van der Waals surface area contributed by atoms with Gasteiger partial charge in [0.15, 0.2) is 0 Å². The first-order chi connectivity index (χ1) is 12.2. The number of unbranched alkanes of at least 4 members (excludes halogenated alkanes) is 6. The molecule has 0 radical (unpaired) electrons. The molecule has 0 fully saturated rings. The second-order valence-corrected chi connectivity index (χ2v) is 7.02. The number of carbonyl (C=O) groups excluding carboxylic acids is 1. The molecule has 0 spiro atoms. The summed E-state index contributed by atoms with van der Waals surface area (Å²) in [6.45, 7) is 7.76. The van der Waals surface area contributed by atoms with E-state index >= 15 is 0 Å². The Hall–Kier alpha value is -1.57. The number of ketones is 1. The standard InChI is InChI=1S/C23H36O2/c1-4-6-7-8-9-10-11-13-22(12-5-2)25-23-18-16-21(17-19-23)15-14-20(3)24/h5,16-19,22H,2,4,6-15H2,1,3H3. The summed E-state index contributed by atoms with van der Waals surface area (Å²) >= 11 is 0. The molecule has 1 aromatic rings. The smallest absolute Gasteiger partial charge is 0.130 e. The zero-order valence-corrected chi connectivity index (χ0v) is 16.3. The Kier molecular flexibility index (Phi) is 11.8. The van der Waals surface area contributed by atoms with Gasteiger partial charge >= 0.3 is 0 Å². The van der Waals surface area contributed by atoms with Crippen LogP contribution in [0.2, 0.25) is 0 Å². The lowest BCUT2D eigenvalue weighted by atomic mass is 10.0. The molecule has 0 N–H and O–H groups in total. The second kappa shape index (κ2) is 13.7. The van der Waals surface area contributed by atoms with Gasteiger partial charge in [0.2, 0.25) is 0 Å². The summed E-state index contributed by atoms with van der Waals surface area (Å²) < 4.78 is 6.14. The Morgan fingerprint density at radius 1 is 1.08 bits per heavy atom. The lowest BCUT2D eigenvalue weighted by Gasteiger charge is -2.18. The molecule has 1 atom stereocenters. The summed E-state index contributed by atoms with van der Waals surface area (Å²) in [5.74, 6) is 1.16. The summed E-state index contributed by atoms with van der Waals surface area (Å²) in [7, 11) is 0. The van der Waals surface area contributed by atoms with Crippen LogP contribution in [0.25, 0.3) is 0 Å². The number of hydrogen-bond donors (Lipinski definition) is 0. The van der Waals surface area contributed by atoms with Crippen molar-refractivity contribution in [3.63, 3.8) is 0 Å². The van der Waals surface area contributed by atoms with Crippen LogP contribution < -0.4 is 4.74 Å². The van der Waals surface area contributed by atoms with Gasteiger partial charge in [-0.1, -0.05) is 63.7 Å². The third kappa shape index (κ3) is 10.8. The van der Waals surface area contributed by atoms with E-state index in [-0.39, 0.29) is 11.9 Å². The molecule has 2 heteroatoms. The van der Waals surface area contributed by atoms with Crippen molar-refractivity contribution < 1.29 is 9.53 Å². The average molecular weight is 345 g/mol. The van der Waals surface area contributed by atoms with Crippen molar-refractivity contribution in [2.45, 2.75) is 90.6 Å². The van der Waals surface area contributed by atoms with Crippen LogP contribution in [0.1, 0.15) is 83.6 Å². The van der Waals surface area contributed by atoms with E-state index in [4.69, 9.17) is 4.74 Å². The fraction of sp³-hybridized carbons (Fsp3) is 0.609. The van der Waals surface area contributed by atoms with Gasteiger partial charge in [-0.15, -0.1) is 6.58 Å². The molecule has 2 nitrogen and oxygen atoms in total. The average Bonchev–Trinajstić information content (AvgIpc) is 2.60. The molecule has 0 aliphatic carbocycles. The highest BCUT2D eigenvalue weighted by molar-refractivity contribution is 5.75. The predicted molar refractivity (Wildman–Crippen MR) is 107 cm³/mol. The monoisotopic (exact) mass is 344 g/mol. The van der Waals surface area contributed by atoms with Gasteiger partial charge in [0.25, 0.3) is 0 Å². The van der Waals surface area contributed by atoms with E-state index in [1.165, 1.54) is 50.5 Å². The van der Waals surface area contributed by atoms with Crippen LogP contribution in [-0.4, -0.2) is 11.9 Å². The van der Waals surface area contributed by atoms with Crippen molar-refractivity contribution in [3.05, 3.63) is 42.5 Å². The SMILES string of the molecule is C=CCC(CCCCCCCCC)Oc1ccc(CCC(C)=O)cc1. The largest absolute Gasteiger partial charge is 0.490 e. The van der Waals surface area contributed by atoms with E-state index in [1.54, 1.807) is 6.92 Å². The molecular weight excluding hydrogens is 308 g/mol. The van der Waals surface area contributed by atoms with E-state index in [1.807, 2.05) is 18.2 Å². The minimum atomic E-state index is 0.219. The van der Waals surface area contributed by atoms with E-state index < -0.39 is 0 Å². The Bertz CT molecular complexity index is 475. The molecule has 140 valence electrons. The maximum atomic E-state index is 11.1. The number of aryl methyl sites for hydroxylation is 1. The Morgan fingerprint density at radius 3 is 2.32 bits per heavy atom. The fourth-order valence-corrected chi connectivity index (χ4v) is 2.99. The summed E-state index contributed by atoms with van der Waals surface area (Å²) in [5, 5.41) is 0. The van der Waals surface area contributed by atoms with Gasteiger partial charge in [0, 0.05) is 12.8 Å². The third-order valence-electron chi connectivity index (χ3n) is 4.55. The number of ether oxygens (including phenoxy) is 1. The number of Topliss-reactive ketones (excluding diaryl/α,β-unsaturated/α-hetero) is 1. The first-order valence-corrected chi connectivity index (χ1v) is 10.0. The van der Waals surface area contributed by atoms with Crippen LogP contribution in [0, 0.1) is 0 Å². The van der Waals surface area contributed by atoms with E-state index in [9.17, 15) is 4.79 Å². The Balaban J connectivity index is 2.33. The summed E-state index contributed by atoms with van der Waals surface area (Å²) in [4.78, 5) is 11.1. The van der Waals surface area contributed by atoms with Crippen molar-refractivity contribution >= 4 is 5.78 Å². The van der Waals surface area contributed by atoms with Crippen LogP contribution in [0.15, 0.2) is 36.9 Å². The minimum Gasteiger partial charge on any atom is -0.490 e. The lowest BCUT2D eigenvalue weighted by Crippen LogP contribution is -2.15. The summed E-state index contributed by atoms with van der Waals surface area (Å²) in [6, 6.07) is 8.18. The lowest BCUT2D eigenvalue weighted by molar-refractivity contribution is -0.116. The molecule has 0 heterocycles. The molecule has 0 saturated heterocycles. The highest BCUT2D eigenvalue weighted by Gasteiger charge is 2.09. The molecule has 0 amide bonds. The van der Waals surface area contributed by atoms with Crippen molar-refractivity contribution in [3.8, 4) is 5.75 Å². The van der Waals surface area contributed by atoms with Gasteiger partial charge in [-0.05, 0) is 43.9 Å². The predicted octanol–water partition coefficient (Wildman–Crippen LogP) is 6.67. The van der Waals surface area contributed by atoms with Gasteiger partial charge in [0.05, 0.1) is 0 Å². The number of carbonyl (C=O) groups is 1. The van der Waals surface area contributed by atoms with E-state index in [0.717, 1.165) is 25.0 Å². The van der Waals surface area contributed by atoms with Gasteiger partial charge in [-0.2, -0.15) is 0 Å². The van der Waals surface area contributed by atoms with Crippen LogP contribution in [0.3, 0.4) is 0 Å². The van der Waals surface area contributed by atoms with Gasteiger partial charge < -0.3 is 9.53 Å². The van der Waals surface area contributed by atoms with Crippen LogP contribution in [-0.2, 0) is 11.2 Å². The van der Waals surface area contributed by atoms with Crippen LogP contribution in [0.4, 0.5) is 0 Å². The van der Waals surface area contributed by atoms with Crippen LogP contribution in [0.5, 0.6) is 5.75 Å². The number of rotatable bonds is 15. The topological polar surface area (TPSA) is 26.3 Å². The first-order valence-electron chi connectivity index (χ1n) is 10.0. The highest BCUT2D eigenvalue weighted by Crippen LogP contribution is 2.19. The highest BCUT2D eigenvalue weighted by atomic mass is 16.5. The maximum absolute atomic E-state index is 11.1. The third-order valence-corrected chi connectivity index (χ3v) is 4.55. The van der Waals surface area contributed by atoms with E-state index in [0.29, 0.717) is 6.42 Å². The molecule has 0 aromatic heterocycles. The molecule has 0 bridgehead atoms. The zero-order valence-electron chi connectivity index (χ0n) is 16.3. The summed E-state index contributed by atoms with van der Waals surface area (Å²) in [5.41, 5.74) is 1.19. The molecule has 0 aliphatic heterocycles.